The van der Waals surface area contributed by atoms with Crippen LogP contribution in [-0.2, 0) is 11.2 Å². The maximum absolute atomic E-state index is 13.0. The molecule has 2 heterocycles. The Morgan fingerprint density at radius 3 is 2.66 bits per heavy atom. The smallest absolute Gasteiger partial charge is 0.227 e. The van der Waals surface area contributed by atoms with Crippen molar-refractivity contribution in [2.75, 3.05) is 26.2 Å². The van der Waals surface area contributed by atoms with Crippen molar-refractivity contribution in [3.8, 4) is 11.4 Å². The molecular weight excluding hydrogens is 371 g/mol. The van der Waals surface area contributed by atoms with Crippen molar-refractivity contribution in [3.05, 3.63) is 36.0 Å². The number of nitrogens with zero attached hydrogens (tertiary/aromatic N) is 3. The Hall–Kier alpha value is -2.28. The van der Waals surface area contributed by atoms with E-state index in [-0.39, 0.29) is 11.7 Å². The van der Waals surface area contributed by atoms with Crippen LogP contribution in [-0.4, -0.2) is 47.1 Å². The number of piperidine rings is 1. The third-order valence-corrected chi connectivity index (χ3v) is 5.30. The third kappa shape index (κ3) is 6.92. The summed E-state index contributed by atoms with van der Waals surface area (Å²) in [6, 6.07) is 5.90. The number of carbonyl (C=O) groups is 1. The molecule has 1 aliphatic heterocycles. The van der Waals surface area contributed by atoms with Gasteiger partial charge in [0.05, 0.1) is 0 Å². The van der Waals surface area contributed by atoms with Crippen molar-refractivity contribution in [3.63, 3.8) is 0 Å². The molecule has 7 heteroatoms. The van der Waals surface area contributed by atoms with Crippen LogP contribution in [0.25, 0.3) is 11.4 Å². The van der Waals surface area contributed by atoms with Crippen molar-refractivity contribution in [2.45, 2.75) is 46.0 Å². The number of aryl methyl sites for hydroxylation is 1. The first-order valence-electron chi connectivity index (χ1n) is 10.6. The van der Waals surface area contributed by atoms with Gasteiger partial charge in [0.25, 0.3) is 0 Å². The van der Waals surface area contributed by atoms with Gasteiger partial charge in [-0.05, 0) is 61.9 Å². The summed E-state index contributed by atoms with van der Waals surface area (Å²) in [5.41, 5.74) is 0.684. The van der Waals surface area contributed by atoms with Gasteiger partial charge in [0, 0.05) is 38.0 Å². The molecule has 3 rings (SSSR count). The molecule has 0 saturated carbocycles. The summed E-state index contributed by atoms with van der Waals surface area (Å²) in [6.07, 6.45) is 4.12. The van der Waals surface area contributed by atoms with E-state index in [1.54, 1.807) is 12.1 Å². The number of amides is 1. The van der Waals surface area contributed by atoms with Gasteiger partial charge in [0.1, 0.15) is 5.82 Å². The highest BCUT2D eigenvalue weighted by Crippen LogP contribution is 2.21. The summed E-state index contributed by atoms with van der Waals surface area (Å²) >= 11 is 0. The second-order valence-electron chi connectivity index (χ2n) is 8.28. The van der Waals surface area contributed by atoms with Crippen LogP contribution in [0.3, 0.4) is 0 Å². The van der Waals surface area contributed by atoms with Crippen molar-refractivity contribution < 1.29 is 13.7 Å². The van der Waals surface area contributed by atoms with Gasteiger partial charge in [-0.1, -0.05) is 19.0 Å². The second-order valence-corrected chi connectivity index (χ2v) is 8.28. The lowest BCUT2D eigenvalue weighted by molar-refractivity contribution is -0.121. The molecule has 6 nitrogen and oxygen atoms in total. The quantitative estimate of drug-likeness (QED) is 0.648. The molecular formula is C22H31FN4O2. The number of carbonyl (C=O) groups excluding carboxylic acids is 1. The van der Waals surface area contributed by atoms with Gasteiger partial charge in [0.15, 0.2) is 0 Å². The second kappa shape index (κ2) is 10.5. The molecule has 2 atom stereocenters. The molecule has 0 aliphatic carbocycles. The monoisotopic (exact) mass is 402 g/mol. The molecule has 2 unspecified atom stereocenters. The Labute approximate surface area is 171 Å². The van der Waals surface area contributed by atoms with Crippen LogP contribution in [0.1, 0.15) is 45.4 Å². The SMILES string of the molecule is CC1CC(C)CN(CCCCNC(=O)CCc2nc(-c3ccc(F)cc3)no2)C1. The Morgan fingerprint density at radius 2 is 1.93 bits per heavy atom. The van der Waals surface area contributed by atoms with E-state index in [9.17, 15) is 9.18 Å². The summed E-state index contributed by atoms with van der Waals surface area (Å²) in [5.74, 6) is 2.06. The first-order valence-corrected chi connectivity index (χ1v) is 10.6. The number of rotatable bonds is 9. The van der Waals surface area contributed by atoms with Gasteiger partial charge in [-0.25, -0.2) is 4.39 Å². The molecule has 0 bridgehead atoms. The van der Waals surface area contributed by atoms with Crippen molar-refractivity contribution in [1.82, 2.24) is 20.4 Å². The summed E-state index contributed by atoms with van der Waals surface area (Å²) in [4.78, 5) is 18.8. The highest BCUT2D eigenvalue weighted by atomic mass is 19.1. The number of likely N-dealkylation sites (tertiary alicyclic amines) is 1. The Morgan fingerprint density at radius 1 is 1.21 bits per heavy atom. The lowest BCUT2D eigenvalue weighted by Crippen LogP contribution is -2.39. The molecule has 2 aromatic rings. The molecule has 1 aliphatic rings. The van der Waals surface area contributed by atoms with Crippen LogP contribution in [0.2, 0.25) is 0 Å². The molecule has 1 aromatic carbocycles. The van der Waals surface area contributed by atoms with Crippen molar-refractivity contribution >= 4 is 5.91 Å². The van der Waals surface area contributed by atoms with Crippen molar-refractivity contribution in [2.24, 2.45) is 11.8 Å². The zero-order valence-electron chi connectivity index (χ0n) is 17.4. The fourth-order valence-electron chi connectivity index (χ4n) is 4.04. The summed E-state index contributed by atoms with van der Waals surface area (Å²) in [6.45, 7) is 8.85. The van der Waals surface area contributed by atoms with Crippen LogP contribution in [0, 0.1) is 17.7 Å². The number of halogens is 1. The van der Waals surface area contributed by atoms with E-state index in [2.05, 4.69) is 34.2 Å². The van der Waals surface area contributed by atoms with E-state index in [1.807, 2.05) is 0 Å². The number of unbranched alkanes of at least 4 members (excludes halogenated alkanes) is 1. The minimum atomic E-state index is -0.311. The Balaban J connectivity index is 1.30. The molecule has 0 spiro atoms. The number of aromatic nitrogens is 2. The number of hydrogen-bond donors (Lipinski definition) is 1. The van der Waals surface area contributed by atoms with Crippen LogP contribution in [0.15, 0.2) is 28.8 Å². The Kier molecular flexibility index (Phi) is 7.75. The highest BCUT2D eigenvalue weighted by molar-refractivity contribution is 5.75. The molecule has 1 saturated heterocycles. The molecule has 1 fully saturated rings. The lowest BCUT2D eigenvalue weighted by Gasteiger charge is -2.34. The normalized spacial score (nSPS) is 20.0. The predicted octanol–water partition coefficient (Wildman–Crippen LogP) is 3.68. The maximum Gasteiger partial charge on any atom is 0.227 e. The number of benzene rings is 1. The average Bonchev–Trinajstić information content (AvgIpc) is 3.15. The Bertz CT molecular complexity index is 767. The van der Waals surface area contributed by atoms with E-state index < -0.39 is 0 Å². The number of hydrogen-bond acceptors (Lipinski definition) is 5. The van der Waals surface area contributed by atoms with E-state index in [1.165, 1.54) is 31.6 Å². The topological polar surface area (TPSA) is 71.3 Å². The standard InChI is InChI=1S/C22H31FN4O2/c1-16-13-17(2)15-27(14-16)12-4-3-11-24-20(28)9-10-21-25-22(26-29-21)18-5-7-19(23)8-6-18/h5-8,16-17H,3-4,9-15H2,1-2H3,(H,24,28). The molecule has 1 aromatic heterocycles. The predicted molar refractivity (Wildman–Crippen MR) is 110 cm³/mol. The van der Waals surface area contributed by atoms with Gasteiger partial charge >= 0.3 is 0 Å². The van der Waals surface area contributed by atoms with Gasteiger partial charge in [0.2, 0.25) is 17.6 Å². The summed E-state index contributed by atoms with van der Waals surface area (Å²) in [5, 5.41) is 6.85. The maximum atomic E-state index is 13.0. The highest BCUT2D eigenvalue weighted by Gasteiger charge is 2.21. The zero-order chi connectivity index (χ0) is 20.6. The fraction of sp³-hybridized carbons (Fsp3) is 0.591. The minimum absolute atomic E-state index is 0.00764. The average molecular weight is 403 g/mol. The van der Waals surface area contributed by atoms with E-state index in [4.69, 9.17) is 4.52 Å². The first kappa shape index (κ1) is 21.4. The van der Waals surface area contributed by atoms with Crippen LogP contribution >= 0.6 is 0 Å². The fourth-order valence-corrected chi connectivity index (χ4v) is 4.04. The largest absolute Gasteiger partial charge is 0.356 e. The van der Waals surface area contributed by atoms with E-state index in [0.717, 1.165) is 31.2 Å². The molecule has 0 radical (unpaired) electrons. The minimum Gasteiger partial charge on any atom is -0.356 e. The van der Waals surface area contributed by atoms with Gasteiger partial charge in [-0.3, -0.25) is 4.79 Å². The van der Waals surface area contributed by atoms with E-state index >= 15 is 0 Å². The van der Waals surface area contributed by atoms with Crippen LogP contribution in [0.5, 0.6) is 0 Å². The van der Waals surface area contributed by atoms with E-state index in [0.29, 0.717) is 36.7 Å². The first-order chi connectivity index (χ1) is 14.0. The van der Waals surface area contributed by atoms with Gasteiger partial charge in [-0.2, -0.15) is 4.98 Å². The summed E-state index contributed by atoms with van der Waals surface area (Å²) < 4.78 is 18.2. The zero-order valence-corrected chi connectivity index (χ0v) is 17.4. The lowest BCUT2D eigenvalue weighted by atomic mass is 9.92. The van der Waals surface area contributed by atoms with Gasteiger partial charge in [-0.15, -0.1) is 0 Å². The summed E-state index contributed by atoms with van der Waals surface area (Å²) in [7, 11) is 0. The molecule has 29 heavy (non-hydrogen) atoms. The van der Waals surface area contributed by atoms with Crippen molar-refractivity contribution in [1.29, 1.82) is 0 Å². The number of nitrogens with one attached hydrogen (secondary N) is 1. The molecule has 1 N–H and O–H groups in total. The third-order valence-electron chi connectivity index (χ3n) is 5.30. The van der Waals surface area contributed by atoms with Crippen LogP contribution in [0.4, 0.5) is 4.39 Å². The van der Waals surface area contributed by atoms with Crippen LogP contribution < -0.4 is 5.32 Å². The molecule has 1 amide bonds. The van der Waals surface area contributed by atoms with Gasteiger partial charge < -0.3 is 14.7 Å². The molecule has 158 valence electrons.